The van der Waals surface area contributed by atoms with Crippen LogP contribution in [0.5, 0.6) is 0 Å². The Bertz CT molecular complexity index is 1220. The average Bonchev–Trinajstić information content (AvgIpc) is 3.19. The van der Waals surface area contributed by atoms with E-state index in [0.29, 0.717) is 11.4 Å². The fourth-order valence-corrected chi connectivity index (χ4v) is 4.44. The first-order chi connectivity index (χ1) is 15.0. The lowest BCUT2D eigenvalue weighted by molar-refractivity contribution is 0.0960. The Hall–Kier alpha value is -3.29. The van der Waals surface area contributed by atoms with Crippen molar-refractivity contribution in [3.05, 3.63) is 76.2 Å². The first kappa shape index (κ1) is 21.0. The number of rotatable bonds is 7. The fraction of sp³-hybridized carbons (Fsp3) is 0.208. The van der Waals surface area contributed by atoms with Crippen LogP contribution in [0.4, 0.5) is 5.95 Å². The number of fused-ring (bicyclic) bond motifs is 1. The molecule has 2 aromatic carbocycles. The maximum absolute atomic E-state index is 12.3. The van der Waals surface area contributed by atoms with Crippen LogP contribution < -0.4 is 16.4 Å². The largest absolute Gasteiger partial charge is 0.368 e. The van der Waals surface area contributed by atoms with Gasteiger partial charge in [-0.3, -0.25) is 4.79 Å². The number of hydrogen-bond donors (Lipinski definition) is 3. The number of benzene rings is 2. The summed E-state index contributed by atoms with van der Waals surface area (Å²) < 4.78 is 0. The lowest BCUT2D eigenvalue weighted by atomic mass is 10.00. The van der Waals surface area contributed by atoms with Crippen LogP contribution in [0.2, 0.25) is 0 Å². The molecule has 4 N–H and O–H groups in total. The van der Waals surface area contributed by atoms with E-state index >= 15 is 0 Å². The van der Waals surface area contributed by atoms with Gasteiger partial charge in [-0.15, -0.1) is 11.3 Å². The van der Waals surface area contributed by atoms with Crippen LogP contribution in [0.25, 0.3) is 21.5 Å². The summed E-state index contributed by atoms with van der Waals surface area (Å²) in [5.41, 5.74) is 11.3. The summed E-state index contributed by atoms with van der Waals surface area (Å²) in [5, 5.41) is 7.17. The highest BCUT2D eigenvalue weighted by molar-refractivity contribution is 7.20. The van der Waals surface area contributed by atoms with Crippen LogP contribution in [-0.2, 0) is 13.1 Å². The van der Waals surface area contributed by atoms with Gasteiger partial charge in [0.1, 0.15) is 4.83 Å². The van der Waals surface area contributed by atoms with Crippen molar-refractivity contribution in [3.8, 4) is 11.3 Å². The molecule has 0 radical (unpaired) electrons. The Morgan fingerprint density at radius 1 is 1.03 bits per heavy atom. The molecule has 6 nitrogen and oxygen atoms in total. The van der Waals surface area contributed by atoms with E-state index in [0.717, 1.165) is 45.7 Å². The van der Waals surface area contributed by atoms with Crippen molar-refractivity contribution in [3.63, 3.8) is 0 Å². The van der Waals surface area contributed by atoms with E-state index in [9.17, 15) is 4.79 Å². The third-order valence-electron chi connectivity index (χ3n) is 5.03. The molecule has 158 valence electrons. The third kappa shape index (κ3) is 4.73. The molecule has 0 fully saturated rings. The molecule has 0 bridgehead atoms. The Morgan fingerprint density at radius 2 is 1.81 bits per heavy atom. The summed E-state index contributed by atoms with van der Waals surface area (Å²) in [7, 11) is 0. The van der Waals surface area contributed by atoms with Gasteiger partial charge in [-0.2, -0.15) is 0 Å². The number of anilines is 1. The zero-order valence-corrected chi connectivity index (χ0v) is 18.4. The molecule has 0 saturated carbocycles. The Morgan fingerprint density at radius 3 is 2.58 bits per heavy atom. The molecule has 7 heteroatoms. The molecule has 0 aliphatic heterocycles. The summed E-state index contributed by atoms with van der Waals surface area (Å²) in [6.45, 7) is 6.06. The minimum atomic E-state index is -0.106. The number of nitrogens with one attached hydrogen (secondary N) is 2. The van der Waals surface area contributed by atoms with Gasteiger partial charge in [-0.1, -0.05) is 42.5 Å². The fourth-order valence-electron chi connectivity index (χ4n) is 3.48. The van der Waals surface area contributed by atoms with Crippen LogP contribution in [0.3, 0.4) is 0 Å². The predicted octanol–water partition coefficient (Wildman–Crippen LogP) is 4.29. The SMILES string of the molecule is CCNC(=O)c1cc2c(-c3cc(CNCc4ccccc4)ccc3C)nc(N)nc2s1. The molecule has 2 heterocycles. The van der Waals surface area contributed by atoms with Crippen molar-refractivity contribution >= 4 is 33.4 Å². The maximum Gasteiger partial charge on any atom is 0.261 e. The van der Waals surface area contributed by atoms with Gasteiger partial charge in [0, 0.05) is 30.6 Å². The number of carbonyl (C=O) groups is 1. The van der Waals surface area contributed by atoms with E-state index in [2.05, 4.69) is 57.9 Å². The van der Waals surface area contributed by atoms with Gasteiger partial charge in [0.15, 0.2) is 0 Å². The molecule has 0 saturated heterocycles. The van der Waals surface area contributed by atoms with E-state index in [1.54, 1.807) is 0 Å². The second-order valence-corrected chi connectivity index (χ2v) is 8.39. The van der Waals surface area contributed by atoms with E-state index in [-0.39, 0.29) is 11.9 Å². The highest BCUT2D eigenvalue weighted by Crippen LogP contribution is 2.34. The molecule has 0 atom stereocenters. The van der Waals surface area contributed by atoms with E-state index < -0.39 is 0 Å². The predicted molar refractivity (Wildman–Crippen MR) is 127 cm³/mol. The molecule has 4 aromatic rings. The number of nitrogens with zero attached hydrogens (tertiary/aromatic N) is 2. The van der Waals surface area contributed by atoms with Crippen molar-refractivity contribution in [1.29, 1.82) is 0 Å². The van der Waals surface area contributed by atoms with Crippen LogP contribution >= 0.6 is 11.3 Å². The molecular formula is C24H25N5OS. The normalized spacial score (nSPS) is 11.0. The van der Waals surface area contributed by atoms with Gasteiger partial charge in [0.05, 0.1) is 10.6 Å². The summed E-state index contributed by atoms with van der Waals surface area (Å²) in [6, 6.07) is 18.5. The number of amides is 1. The summed E-state index contributed by atoms with van der Waals surface area (Å²) in [6.07, 6.45) is 0. The number of aryl methyl sites for hydroxylation is 1. The smallest absolute Gasteiger partial charge is 0.261 e. The molecule has 31 heavy (non-hydrogen) atoms. The molecular weight excluding hydrogens is 406 g/mol. The zero-order chi connectivity index (χ0) is 21.8. The summed E-state index contributed by atoms with van der Waals surface area (Å²) in [4.78, 5) is 22.5. The highest BCUT2D eigenvalue weighted by atomic mass is 32.1. The molecule has 2 aromatic heterocycles. The quantitative estimate of drug-likeness (QED) is 0.406. The number of nitrogen functional groups attached to an aromatic ring is 1. The number of thiophene rings is 1. The average molecular weight is 432 g/mol. The van der Waals surface area contributed by atoms with Crippen LogP contribution in [0.1, 0.15) is 33.3 Å². The molecule has 0 aliphatic rings. The standard InChI is InChI=1S/C24H25N5OS/c1-3-27-22(30)20-12-19-21(28-24(25)29-23(19)31-20)18-11-17(10-9-15(18)2)14-26-13-16-7-5-4-6-8-16/h4-12,26H,3,13-14H2,1-2H3,(H,27,30)(H2,25,28,29). The molecule has 0 aliphatic carbocycles. The number of hydrogen-bond acceptors (Lipinski definition) is 6. The Balaban J connectivity index is 1.65. The topological polar surface area (TPSA) is 92.9 Å². The van der Waals surface area contributed by atoms with Gasteiger partial charge in [0.25, 0.3) is 5.91 Å². The van der Waals surface area contributed by atoms with Crippen molar-refractivity contribution in [2.45, 2.75) is 26.9 Å². The van der Waals surface area contributed by atoms with Gasteiger partial charge in [-0.05, 0) is 42.7 Å². The van der Waals surface area contributed by atoms with Crippen molar-refractivity contribution in [2.24, 2.45) is 0 Å². The van der Waals surface area contributed by atoms with Gasteiger partial charge >= 0.3 is 0 Å². The van der Waals surface area contributed by atoms with E-state index in [1.165, 1.54) is 16.9 Å². The van der Waals surface area contributed by atoms with Crippen molar-refractivity contribution in [2.75, 3.05) is 12.3 Å². The zero-order valence-electron chi connectivity index (χ0n) is 17.6. The highest BCUT2D eigenvalue weighted by Gasteiger charge is 2.17. The monoisotopic (exact) mass is 431 g/mol. The van der Waals surface area contributed by atoms with Gasteiger partial charge in [0.2, 0.25) is 5.95 Å². The summed E-state index contributed by atoms with van der Waals surface area (Å²) in [5.74, 6) is 0.101. The van der Waals surface area contributed by atoms with E-state index in [4.69, 9.17) is 5.73 Å². The molecule has 1 amide bonds. The minimum absolute atomic E-state index is 0.106. The lowest BCUT2D eigenvalue weighted by Crippen LogP contribution is -2.21. The Kier molecular flexibility index (Phi) is 6.25. The number of carbonyl (C=O) groups excluding carboxylic acids is 1. The van der Waals surface area contributed by atoms with Crippen LogP contribution in [0.15, 0.2) is 54.6 Å². The number of nitrogens with two attached hydrogens (primary N) is 1. The first-order valence-electron chi connectivity index (χ1n) is 10.2. The lowest BCUT2D eigenvalue weighted by Gasteiger charge is -2.11. The first-order valence-corrected chi connectivity index (χ1v) is 11.1. The molecule has 0 unspecified atom stereocenters. The van der Waals surface area contributed by atoms with E-state index in [1.807, 2.05) is 31.2 Å². The second-order valence-electron chi connectivity index (χ2n) is 7.36. The van der Waals surface area contributed by atoms with Crippen molar-refractivity contribution < 1.29 is 4.79 Å². The van der Waals surface area contributed by atoms with Gasteiger partial charge < -0.3 is 16.4 Å². The van der Waals surface area contributed by atoms with Crippen molar-refractivity contribution in [1.82, 2.24) is 20.6 Å². The van der Waals surface area contributed by atoms with Crippen LogP contribution in [-0.4, -0.2) is 22.4 Å². The minimum Gasteiger partial charge on any atom is -0.368 e. The third-order valence-corrected chi connectivity index (χ3v) is 6.06. The number of aromatic nitrogens is 2. The Labute approximate surface area is 185 Å². The van der Waals surface area contributed by atoms with Crippen LogP contribution in [0, 0.1) is 6.92 Å². The second kappa shape index (κ2) is 9.24. The maximum atomic E-state index is 12.3. The molecule has 4 rings (SSSR count). The molecule has 0 spiro atoms. The van der Waals surface area contributed by atoms with Gasteiger partial charge in [-0.25, -0.2) is 9.97 Å². The summed E-state index contributed by atoms with van der Waals surface area (Å²) >= 11 is 1.33.